The second-order valence-electron chi connectivity index (χ2n) is 19.6. The molecule has 378 valence electrons. The molecule has 0 spiro atoms. The van der Waals surface area contributed by atoms with Gasteiger partial charge in [-0.05, 0) is 70.6 Å². The zero-order chi connectivity index (χ0) is 46.9. The third kappa shape index (κ3) is 51.7. The second-order valence-corrected chi connectivity index (χ2v) is 21.0. The van der Waals surface area contributed by atoms with E-state index < -0.39 is 13.9 Å². The number of rotatable bonds is 51. The van der Waals surface area contributed by atoms with Crippen LogP contribution in [-0.2, 0) is 27.9 Å². The summed E-state index contributed by atoms with van der Waals surface area (Å²) in [5, 5.41) is 0. The van der Waals surface area contributed by atoms with Crippen LogP contribution in [0.15, 0.2) is 36.5 Å². The van der Waals surface area contributed by atoms with Gasteiger partial charge >= 0.3 is 5.97 Å². The summed E-state index contributed by atoms with van der Waals surface area (Å²) in [4.78, 5) is 25.2. The summed E-state index contributed by atoms with van der Waals surface area (Å²) in [5.41, 5.74) is 0. The fourth-order valence-corrected chi connectivity index (χ4v) is 8.42. The summed E-state index contributed by atoms with van der Waals surface area (Å²) in [6.45, 7) is 5.43. The lowest BCUT2D eigenvalue weighted by molar-refractivity contribution is -0.870. The number of nitrogens with zero attached hydrogens (tertiary/aromatic N) is 1. The summed E-state index contributed by atoms with van der Waals surface area (Å²) < 4.78 is 34.8. The molecule has 0 N–H and O–H groups in total. The SMILES string of the molecule is CCCCCCC/C=C\C/C=C\CCCCCCCCCCCCCC(=O)OC(COCCCCCCCCCC/C=C\CCCCCCCCC)COP(=O)([O-])OCC[N+](C)(C)C. The van der Waals surface area contributed by atoms with Crippen molar-refractivity contribution in [2.75, 3.05) is 54.1 Å². The first-order valence-electron chi connectivity index (χ1n) is 27.2. The van der Waals surface area contributed by atoms with Crippen LogP contribution in [0, 0.1) is 0 Å². The van der Waals surface area contributed by atoms with Crippen LogP contribution in [0.1, 0.15) is 251 Å². The van der Waals surface area contributed by atoms with Crippen molar-refractivity contribution in [1.82, 2.24) is 0 Å². The molecule has 0 heterocycles. The molecule has 0 aliphatic rings. The van der Waals surface area contributed by atoms with E-state index in [1.165, 1.54) is 193 Å². The number of allylic oxidation sites excluding steroid dienone is 6. The van der Waals surface area contributed by atoms with Crippen LogP contribution in [-0.4, -0.2) is 70.7 Å². The Morgan fingerprint density at radius 2 is 0.859 bits per heavy atom. The van der Waals surface area contributed by atoms with Gasteiger partial charge in [0.2, 0.25) is 0 Å². The number of esters is 1. The molecule has 0 aliphatic heterocycles. The molecule has 0 aromatic heterocycles. The van der Waals surface area contributed by atoms with Crippen LogP contribution in [0.2, 0.25) is 0 Å². The summed E-state index contributed by atoms with van der Waals surface area (Å²) in [7, 11) is 1.36. The van der Waals surface area contributed by atoms with Crippen LogP contribution < -0.4 is 4.89 Å². The maximum Gasteiger partial charge on any atom is 0.306 e. The van der Waals surface area contributed by atoms with Crippen molar-refractivity contribution in [3.05, 3.63) is 36.5 Å². The van der Waals surface area contributed by atoms with Gasteiger partial charge in [0.1, 0.15) is 19.3 Å². The van der Waals surface area contributed by atoms with Crippen LogP contribution in [0.3, 0.4) is 0 Å². The van der Waals surface area contributed by atoms with Crippen molar-refractivity contribution in [2.24, 2.45) is 0 Å². The van der Waals surface area contributed by atoms with Crippen molar-refractivity contribution in [3.63, 3.8) is 0 Å². The molecule has 9 heteroatoms. The highest BCUT2D eigenvalue weighted by molar-refractivity contribution is 7.45. The number of carbonyl (C=O) groups is 1. The molecule has 0 aromatic carbocycles. The normalized spacial score (nSPS) is 13.8. The number of hydrogen-bond donors (Lipinski definition) is 0. The maximum absolute atomic E-state index is 12.8. The Morgan fingerprint density at radius 1 is 0.484 bits per heavy atom. The molecule has 0 aliphatic carbocycles. The van der Waals surface area contributed by atoms with Crippen LogP contribution in [0.4, 0.5) is 0 Å². The van der Waals surface area contributed by atoms with E-state index in [0.717, 1.165) is 38.5 Å². The van der Waals surface area contributed by atoms with Gasteiger partial charge in [0.25, 0.3) is 7.82 Å². The Bertz CT molecular complexity index is 1120. The minimum atomic E-state index is -4.53. The number of likely N-dealkylation sites (N-methyl/N-ethyl adjacent to an activating group) is 1. The lowest BCUT2D eigenvalue weighted by atomic mass is 10.0. The average molecular weight is 924 g/mol. The monoisotopic (exact) mass is 924 g/mol. The summed E-state index contributed by atoms with van der Waals surface area (Å²) in [6, 6.07) is 0. The number of quaternary nitrogens is 1. The van der Waals surface area contributed by atoms with Crippen molar-refractivity contribution >= 4 is 13.8 Å². The number of ether oxygens (including phenoxy) is 2. The zero-order valence-corrected chi connectivity index (χ0v) is 43.9. The van der Waals surface area contributed by atoms with Crippen LogP contribution in [0.25, 0.3) is 0 Å². The summed E-state index contributed by atoms with van der Waals surface area (Å²) in [5.74, 6) is -0.334. The Labute approximate surface area is 397 Å². The highest BCUT2D eigenvalue weighted by atomic mass is 31.2. The van der Waals surface area contributed by atoms with Gasteiger partial charge in [0.15, 0.2) is 0 Å². The number of hydrogen-bond acceptors (Lipinski definition) is 7. The predicted octanol–water partition coefficient (Wildman–Crippen LogP) is 16.3. The molecule has 2 unspecified atom stereocenters. The Balaban J connectivity index is 4.10. The number of unbranched alkanes of at least 4 members (excludes halogenated alkanes) is 31. The van der Waals surface area contributed by atoms with E-state index in [1.54, 1.807) is 0 Å². The topological polar surface area (TPSA) is 94.1 Å². The molecular weight excluding hydrogens is 818 g/mol. The second kappa shape index (κ2) is 48.2. The molecule has 0 bridgehead atoms. The summed E-state index contributed by atoms with van der Waals surface area (Å²) in [6.07, 6.45) is 58.8. The van der Waals surface area contributed by atoms with Crippen molar-refractivity contribution in [2.45, 2.75) is 258 Å². The first-order chi connectivity index (χ1) is 31.1. The van der Waals surface area contributed by atoms with Gasteiger partial charge in [-0.1, -0.05) is 211 Å². The van der Waals surface area contributed by atoms with E-state index in [4.69, 9.17) is 18.5 Å². The lowest BCUT2D eigenvalue weighted by Crippen LogP contribution is -2.37. The molecule has 64 heavy (non-hydrogen) atoms. The van der Waals surface area contributed by atoms with Crippen LogP contribution >= 0.6 is 7.82 Å². The fourth-order valence-electron chi connectivity index (χ4n) is 7.69. The molecule has 0 amide bonds. The van der Waals surface area contributed by atoms with Gasteiger partial charge in [-0.25, -0.2) is 0 Å². The molecule has 2 atom stereocenters. The Morgan fingerprint density at radius 3 is 1.28 bits per heavy atom. The van der Waals surface area contributed by atoms with Gasteiger partial charge in [0, 0.05) is 13.0 Å². The van der Waals surface area contributed by atoms with Crippen molar-refractivity contribution in [3.8, 4) is 0 Å². The third-order valence-corrected chi connectivity index (χ3v) is 12.9. The minimum absolute atomic E-state index is 0.0258. The molecule has 0 aromatic rings. The molecule has 0 saturated heterocycles. The number of carbonyl (C=O) groups excluding carboxylic acids is 1. The quantitative estimate of drug-likeness (QED) is 0.0197. The van der Waals surface area contributed by atoms with E-state index in [0.29, 0.717) is 24.1 Å². The maximum atomic E-state index is 12.8. The van der Waals surface area contributed by atoms with Gasteiger partial charge in [0.05, 0.1) is 34.4 Å². The van der Waals surface area contributed by atoms with E-state index in [-0.39, 0.29) is 25.8 Å². The molecule has 0 saturated carbocycles. The standard InChI is InChI=1S/C55H106NO7P/c1-6-8-10-12-14-16-18-20-22-24-26-27-28-29-30-32-34-36-38-40-42-44-46-48-55(57)63-54(53-62-64(58,59)61-51-49-56(3,4)5)52-60-50-47-45-43-41-39-37-35-33-31-25-23-21-19-17-15-13-11-9-7-2/h18,20,23-26,54H,6-17,19,21-22,27-53H2,1-5H3/b20-18-,25-23-,26-24-. The Hall–Kier alpha value is -1.28. The fraction of sp³-hybridized carbons (Fsp3) is 0.873. The van der Waals surface area contributed by atoms with Gasteiger partial charge in [-0.2, -0.15) is 0 Å². The molecular formula is C55H106NO7P. The van der Waals surface area contributed by atoms with E-state index in [1.807, 2.05) is 21.1 Å². The van der Waals surface area contributed by atoms with Crippen molar-refractivity contribution < 1.29 is 37.3 Å². The first-order valence-corrected chi connectivity index (χ1v) is 28.7. The third-order valence-electron chi connectivity index (χ3n) is 11.9. The molecule has 0 rings (SSSR count). The van der Waals surface area contributed by atoms with Gasteiger partial charge in [-0.15, -0.1) is 0 Å². The first kappa shape index (κ1) is 62.7. The molecule has 0 radical (unpaired) electrons. The zero-order valence-electron chi connectivity index (χ0n) is 43.0. The number of phosphoric acid groups is 1. The Kier molecular flexibility index (Phi) is 47.2. The number of phosphoric ester groups is 1. The molecule has 0 fully saturated rings. The van der Waals surface area contributed by atoms with E-state index in [9.17, 15) is 14.3 Å². The van der Waals surface area contributed by atoms with E-state index >= 15 is 0 Å². The lowest BCUT2D eigenvalue weighted by Gasteiger charge is -2.28. The van der Waals surface area contributed by atoms with Crippen LogP contribution in [0.5, 0.6) is 0 Å². The minimum Gasteiger partial charge on any atom is -0.756 e. The highest BCUT2D eigenvalue weighted by Gasteiger charge is 2.20. The van der Waals surface area contributed by atoms with Gasteiger partial charge < -0.3 is 27.9 Å². The smallest absolute Gasteiger partial charge is 0.306 e. The average Bonchev–Trinajstić information content (AvgIpc) is 3.25. The summed E-state index contributed by atoms with van der Waals surface area (Å²) >= 11 is 0. The molecule has 8 nitrogen and oxygen atoms in total. The predicted molar refractivity (Wildman–Crippen MR) is 273 cm³/mol. The van der Waals surface area contributed by atoms with Crippen molar-refractivity contribution in [1.29, 1.82) is 0 Å². The van der Waals surface area contributed by atoms with E-state index in [2.05, 4.69) is 50.3 Å². The highest BCUT2D eigenvalue weighted by Crippen LogP contribution is 2.38. The van der Waals surface area contributed by atoms with Gasteiger partial charge in [-0.3, -0.25) is 9.36 Å². The largest absolute Gasteiger partial charge is 0.756 e.